The summed E-state index contributed by atoms with van der Waals surface area (Å²) in [6, 6.07) is 14.7. The third-order valence-corrected chi connectivity index (χ3v) is 6.83. The molecule has 0 unspecified atom stereocenters. The molecular weight excluding hydrogens is 477 g/mol. The van der Waals surface area contributed by atoms with Crippen molar-refractivity contribution < 1.29 is 27.4 Å². The molecule has 3 rings (SSSR count). The lowest BCUT2D eigenvalue weighted by Crippen LogP contribution is -2.27. The van der Waals surface area contributed by atoms with Crippen LogP contribution in [0, 0.1) is 0 Å². The molecule has 0 N–H and O–H groups in total. The Balaban J connectivity index is 1.94. The van der Waals surface area contributed by atoms with Crippen molar-refractivity contribution in [3.05, 3.63) is 76.3 Å². The van der Waals surface area contributed by atoms with E-state index in [-0.39, 0.29) is 32.7 Å². The highest BCUT2D eigenvalue weighted by Gasteiger charge is 2.26. The molecule has 0 aliphatic rings. The summed E-state index contributed by atoms with van der Waals surface area (Å²) >= 11 is 12.1. The molecule has 0 saturated carbocycles. The minimum absolute atomic E-state index is 0.0548. The maximum Gasteiger partial charge on any atom is 0.343 e. The SMILES string of the molecule is COc1cc(OC)c(N(C)S(=O)(=O)c2cccc(C(=O)Oc3cccc(Cl)c3)c2)cc1Cl. The van der Waals surface area contributed by atoms with E-state index in [2.05, 4.69) is 0 Å². The molecule has 0 radical (unpaired) electrons. The van der Waals surface area contributed by atoms with E-state index in [1.54, 1.807) is 18.2 Å². The number of nitrogens with zero attached hydrogens (tertiary/aromatic N) is 1. The second-order valence-corrected chi connectivity index (χ2v) is 9.32. The topological polar surface area (TPSA) is 82.1 Å². The maximum atomic E-state index is 13.3. The molecule has 0 fully saturated rings. The third-order valence-electron chi connectivity index (χ3n) is 4.53. The van der Waals surface area contributed by atoms with Crippen LogP contribution in [-0.2, 0) is 10.0 Å². The molecule has 7 nitrogen and oxygen atoms in total. The van der Waals surface area contributed by atoms with Gasteiger partial charge in [-0.25, -0.2) is 13.2 Å². The molecule has 168 valence electrons. The second-order valence-electron chi connectivity index (χ2n) is 6.51. The van der Waals surface area contributed by atoms with Crippen LogP contribution in [0.2, 0.25) is 10.0 Å². The van der Waals surface area contributed by atoms with Crippen molar-refractivity contribution in [1.29, 1.82) is 0 Å². The monoisotopic (exact) mass is 495 g/mol. The van der Waals surface area contributed by atoms with E-state index < -0.39 is 16.0 Å². The Hall–Kier alpha value is -2.94. The Bertz CT molecular complexity index is 1260. The first-order chi connectivity index (χ1) is 15.2. The zero-order valence-corrected chi connectivity index (χ0v) is 19.7. The lowest BCUT2D eigenvalue weighted by atomic mass is 10.2. The van der Waals surface area contributed by atoms with E-state index >= 15 is 0 Å². The predicted octanol–water partition coefficient (Wildman–Crippen LogP) is 5.05. The number of sulfonamides is 1. The second kappa shape index (κ2) is 9.68. The molecule has 3 aromatic rings. The fourth-order valence-electron chi connectivity index (χ4n) is 2.86. The summed E-state index contributed by atoms with van der Waals surface area (Å²) in [5.41, 5.74) is 0.254. The average Bonchev–Trinajstić information content (AvgIpc) is 2.78. The molecule has 3 aromatic carbocycles. The quantitative estimate of drug-likeness (QED) is 0.336. The van der Waals surface area contributed by atoms with Gasteiger partial charge in [-0.2, -0.15) is 0 Å². The number of anilines is 1. The number of carbonyl (C=O) groups excluding carboxylic acids is 1. The molecule has 0 heterocycles. The van der Waals surface area contributed by atoms with E-state index in [0.29, 0.717) is 10.8 Å². The van der Waals surface area contributed by atoms with Crippen LogP contribution in [0.25, 0.3) is 0 Å². The number of esters is 1. The van der Waals surface area contributed by atoms with Crippen LogP contribution in [0.4, 0.5) is 5.69 Å². The normalized spacial score (nSPS) is 11.0. The zero-order valence-electron chi connectivity index (χ0n) is 17.3. The number of ether oxygens (including phenoxy) is 3. The van der Waals surface area contributed by atoms with Gasteiger partial charge < -0.3 is 14.2 Å². The Kier molecular flexibility index (Phi) is 7.18. The van der Waals surface area contributed by atoms with E-state index in [1.165, 1.54) is 63.7 Å². The average molecular weight is 496 g/mol. The number of halogens is 2. The van der Waals surface area contributed by atoms with Gasteiger partial charge in [0, 0.05) is 18.1 Å². The number of hydrogen-bond donors (Lipinski definition) is 0. The van der Waals surface area contributed by atoms with Crippen LogP contribution in [0.15, 0.2) is 65.6 Å². The summed E-state index contributed by atoms with van der Waals surface area (Å²) < 4.78 is 43.3. The molecule has 0 aromatic heterocycles. The highest BCUT2D eigenvalue weighted by molar-refractivity contribution is 7.92. The summed E-state index contributed by atoms with van der Waals surface area (Å²) in [6.07, 6.45) is 0. The standard InChI is InChI=1S/C22H19Cl2NO6S/c1-25(19-12-18(24)20(29-2)13-21(19)30-3)32(27,28)17-9-4-6-14(10-17)22(26)31-16-8-5-7-15(23)11-16/h4-13H,1-3H3. The maximum absolute atomic E-state index is 13.3. The molecule has 0 amide bonds. The van der Waals surface area contributed by atoms with Crippen LogP contribution in [-0.4, -0.2) is 35.7 Å². The van der Waals surface area contributed by atoms with Gasteiger partial charge >= 0.3 is 5.97 Å². The number of hydrogen-bond acceptors (Lipinski definition) is 6. The summed E-state index contributed by atoms with van der Waals surface area (Å²) in [7, 11) is 0.124. The smallest absolute Gasteiger partial charge is 0.343 e. The van der Waals surface area contributed by atoms with Crippen molar-refractivity contribution in [2.24, 2.45) is 0 Å². The fraction of sp³-hybridized carbons (Fsp3) is 0.136. The van der Waals surface area contributed by atoms with Gasteiger partial charge in [-0.05, 0) is 42.5 Å². The van der Waals surface area contributed by atoms with Gasteiger partial charge in [0.15, 0.2) is 0 Å². The highest BCUT2D eigenvalue weighted by atomic mass is 35.5. The van der Waals surface area contributed by atoms with E-state index in [4.69, 9.17) is 37.4 Å². The summed E-state index contributed by atoms with van der Waals surface area (Å²) in [4.78, 5) is 12.4. The molecule has 32 heavy (non-hydrogen) atoms. The van der Waals surface area contributed by atoms with Crippen molar-refractivity contribution >= 4 is 44.9 Å². The van der Waals surface area contributed by atoms with Crippen molar-refractivity contribution in [3.63, 3.8) is 0 Å². The van der Waals surface area contributed by atoms with Crippen LogP contribution < -0.4 is 18.5 Å². The van der Waals surface area contributed by atoms with Gasteiger partial charge in [0.05, 0.1) is 35.4 Å². The first-order valence-electron chi connectivity index (χ1n) is 9.15. The fourth-order valence-corrected chi connectivity index (χ4v) is 4.52. The zero-order chi connectivity index (χ0) is 23.5. The van der Waals surface area contributed by atoms with Crippen molar-refractivity contribution in [2.45, 2.75) is 4.90 Å². The molecule has 0 atom stereocenters. The summed E-state index contributed by atoms with van der Waals surface area (Å²) in [6.45, 7) is 0. The lowest BCUT2D eigenvalue weighted by Gasteiger charge is -2.23. The summed E-state index contributed by atoms with van der Waals surface area (Å²) in [5, 5.41) is 0.615. The first-order valence-corrected chi connectivity index (χ1v) is 11.3. The van der Waals surface area contributed by atoms with Crippen molar-refractivity contribution in [3.8, 4) is 17.2 Å². The van der Waals surface area contributed by atoms with E-state index in [1.807, 2.05) is 0 Å². The molecule has 0 aliphatic carbocycles. The van der Waals surface area contributed by atoms with Gasteiger partial charge in [-0.1, -0.05) is 35.3 Å². The molecule has 0 aliphatic heterocycles. The largest absolute Gasteiger partial charge is 0.495 e. The minimum atomic E-state index is -4.07. The number of benzene rings is 3. The van der Waals surface area contributed by atoms with Crippen LogP contribution >= 0.6 is 23.2 Å². The van der Waals surface area contributed by atoms with Gasteiger partial charge in [0.1, 0.15) is 17.2 Å². The number of methoxy groups -OCH3 is 2. The van der Waals surface area contributed by atoms with Gasteiger partial charge in [0.25, 0.3) is 10.0 Å². The van der Waals surface area contributed by atoms with E-state index in [9.17, 15) is 13.2 Å². The van der Waals surface area contributed by atoms with E-state index in [0.717, 1.165) is 4.31 Å². The van der Waals surface area contributed by atoms with Gasteiger partial charge in [-0.3, -0.25) is 4.31 Å². The first kappa shape index (κ1) is 23.7. The molecule has 0 saturated heterocycles. The third kappa shape index (κ3) is 4.93. The molecular formula is C22H19Cl2NO6S. The highest BCUT2D eigenvalue weighted by Crippen LogP contribution is 2.39. The van der Waals surface area contributed by atoms with Crippen LogP contribution in [0.5, 0.6) is 17.2 Å². The van der Waals surface area contributed by atoms with Crippen LogP contribution in [0.1, 0.15) is 10.4 Å². The Labute approximate surface area is 196 Å². The minimum Gasteiger partial charge on any atom is -0.495 e. The Morgan fingerprint density at radius 1 is 0.906 bits per heavy atom. The predicted molar refractivity (Wildman–Crippen MR) is 123 cm³/mol. The Morgan fingerprint density at radius 2 is 1.59 bits per heavy atom. The van der Waals surface area contributed by atoms with Crippen molar-refractivity contribution in [2.75, 3.05) is 25.6 Å². The molecule has 0 bridgehead atoms. The molecule has 10 heteroatoms. The number of carbonyl (C=O) groups is 1. The Morgan fingerprint density at radius 3 is 2.25 bits per heavy atom. The van der Waals surface area contributed by atoms with Crippen LogP contribution in [0.3, 0.4) is 0 Å². The summed E-state index contributed by atoms with van der Waals surface area (Å²) in [5.74, 6) is 0.0974. The molecule has 0 spiro atoms. The van der Waals surface area contributed by atoms with Crippen molar-refractivity contribution in [1.82, 2.24) is 0 Å². The van der Waals surface area contributed by atoms with Gasteiger partial charge in [0.2, 0.25) is 0 Å². The van der Waals surface area contributed by atoms with Gasteiger partial charge in [-0.15, -0.1) is 0 Å². The number of rotatable bonds is 7. The lowest BCUT2D eigenvalue weighted by molar-refractivity contribution is 0.0734.